The normalized spacial score (nSPS) is 18.0. The van der Waals surface area contributed by atoms with E-state index in [4.69, 9.17) is 11.6 Å². The van der Waals surface area contributed by atoms with Crippen molar-refractivity contribution >= 4 is 23.3 Å². The summed E-state index contributed by atoms with van der Waals surface area (Å²) in [6.07, 6.45) is 5.61. The van der Waals surface area contributed by atoms with E-state index in [0.717, 1.165) is 38.0 Å². The van der Waals surface area contributed by atoms with Crippen LogP contribution in [0.5, 0.6) is 0 Å². The van der Waals surface area contributed by atoms with Crippen LogP contribution in [-0.2, 0) is 6.54 Å². The van der Waals surface area contributed by atoms with Crippen molar-refractivity contribution in [3.05, 3.63) is 41.2 Å². The van der Waals surface area contributed by atoms with Crippen LogP contribution in [0.15, 0.2) is 30.6 Å². The van der Waals surface area contributed by atoms with Crippen molar-refractivity contribution in [3.8, 4) is 0 Å². The Labute approximate surface area is 140 Å². The van der Waals surface area contributed by atoms with Gasteiger partial charge < -0.3 is 10.2 Å². The maximum Gasteiger partial charge on any atom is 0.321 e. The molecule has 1 N–H and O–H groups in total. The number of halogens is 1. The molecule has 0 spiro atoms. The van der Waals surface area contributed by atoms with E-state index in [1.165, 1.54) is 0 Å². The van der Waals surface area contributed by atoms with Gasteiger partial charge in [-0.05, 0) is 37.3 Å². The maximum absolute atomic E-state index is 12.5. The van der Waals surface area contributed by atoms with E-state index in [0.29, 0.717) is 16.6 Å². The van der Waals surface area contributed by atoms with Crippen LogP contribution >= 0.6 is 11.6 Å². The van der Waals surface area contributed by atoms with Crippen molar-refractivity contribution in [1.82, 2.24) is 19.9 Å². The molecule has 1 unspecified atom stereocenters. The molecule has 6 nitrogen and oxygen atoms in total. The van der Waals surface area contributed by atoms with E-state index in [2.05, 4.69) is 15.6 Å². The van der Waals surface area contributed by atoms with Gasteiger partial charge >= 0.3 is 6.03 Å². The molecular weight excluding hydrogens is 314 g/mol. The maximum atomic E-state index is 12.5. The Morgan fingerprint density at radius 2 is 2.35 bits per heavy atom. The lowest BCUT2D eigenvalue weighted by Crippen LogP contribution is -2.43. The molecule has 1 atom stereocenters. The zero-order valence-electron chi connectivity index (χ0n) is 13.1. The van der Waals surface area contributed by atoms with E-state index in [9.17, 15) is 4.79 Å². The molecule has 1 aromatic heterocycles. The number of aryl methyl sites for hydroxylation is 1. The number of nitrogens with zero attached hydrogens (tertiary/aromatic N) is 4. The number of piperidine rings is 1. The largest absolute Gasteiger partial charge is 0.324 e. The second kappa shape index (κ2) is 7.00. The molecule has 0 bridgehead atoms. The lowest BCUT2D eigenvalue weighted by Gasteiger charge is -2.32. The predicted octanol–water partition coefficient (Wildman–Crippen LogP) is 3.18. The number of hydrogen-bond acceptors (Lipinski definition) is 3. The zero-order valence-corrected chi connectivity index (χ0v) is 13.8. The number of benzene rings is 1. The molecule has 2 amide bonds. The second-order valence-electron chi connectivity index (χ2n) is 5.94. The minimum absolute atomic E-state index is 0.0931. The van der Waals surface area contributed by atoms with Gasteiger partial charge in [0.15, 0.2) is 0 Å². The van der Waals surface area contributed by atoms with Gasteiger partial charge in [0.05, 0.1) is 16.9 Å². The molecule has 0 saturated carbocycles. The summed E-state index contributed by atoms with van der Waals surface area (Å²) in [6.45, 7) is 4.21. The number of para-hydroxylation sites is 1. The molecule has 2 heterocycles. The van der Waals surface area contributed by atoms with Gasteiger partial charge in [-0.1, -0.05) is 28.9 Å². The first kappa shape index (κ1) is 15.8. The molecule has 1 aliphatic heterocycles. The fraction of sp³-hybridized carbons (Fsp3) is 0.438. The fourth-order valence-electron chi connectivity index (χ4n) is 2.97. The average molecular weight is 334 g/mol. The van der Waals surface area contributed by atoms with Crippen LogP contribution in [0.2, 0.25) is 5.02 Å². The topological polar surface area (TPSA) is 63.1 Å². The molecule has 1 aromatic carbocycles. The van der Waals surface area contributed by atoms with Gasteiger partial charge in [-0.15, -0.1) is 5.10 Å². The first-order valence-electron chi connectivity index (χ1n) is 7.78. The molecule has 1 fully saturated rings. The Bertz CT molecular complexity index is 653. The number of carbonyl (C=O) groups is 1. The molecular formula is C16H20ClN5O. The number of carbonyl (C=O) groups excluding carboxylic acids is 1. The van der Waals surface area contributed by atoms with Crippen molar-refractivity contribution in [1.29, 1.82) is 0 Å². The lowest BCUT2D eigenvalue weighted by molar-refractivity contribution is 0.168. The summed E-state index contributed by atoms with van der Waals surface area (Å²) in [7, 11) is 0. The number of anilines is 1. The molecule has 23 heavy (non-hydrogen) atoms. The number of amides is 2. The molecule has 3 rings (SSSR count). The monoisotopic (exact) mass is 333 g/mol. The van der Waals surface area contributed by atoms with Crippen LogP contribution in [0.4, 0.5) is 10.5 Å². The number of likely N-dealkylation sites (tertiary alicyclic amines) is 1. The highest BCUT2D eigenvalue weighted by molar-refractivity contribution is 6.33. The Hall–Kier alpha value is -2.08. The molecule has 7 heteroatoms. The van der Waals surface area contributed by atoms with Crippen LogP contribution in [0.1, 0.15) is 18.4 Å². The van der Waals surface area contributed by atoms with Gasteiger partial charge in [0.25, 0.3) is 0 Å². The number of aromatic nitrogens is 3. The van der Waals surface area contributed by atoms with Crippen LogP contribution in [0.25, 0.3) is 0 Å². The number of urea groups is 1. The highest BCUT2D eigenvalue weighted by Gasteiger charge is 2.24. The zero-order chi connectivity index (χ0) is 16.2. The molecule has 122 valence electrons. The van der Waals surface area contributed by atoms with E-state index < -0.39 is 0 Å². The third-order valence-electron chi connectivity index (χ3n) is 4.18. The number of rotatable bonds is 3. The van der Waals surface area contributed by atoms with Crippen molar-refractivity contribution in [2.24, 2.45) is 5.92 Å². The van der Waals surface area contributed by atoms with Gasteiger partial charge in [0.1, 0.15) is 0 Å². The Balaban J connectivity index is 1.63. The van der Waals surface area contributed by atoms with Crippen LogP contribution in [-0.4, -0.2) is 39.0 Å². The van der Waals surface area contributed by atoms with Crippen molar-refractivity contribution in [2.45, 2.75) is 26.3 Å². The minimum Gasteiger partial charge on any atom is -0.324 e. The standard InChI is InChI=1S/C16H20ClN5O/c1-12-4-2-6-14(17)15(12)19-16(23)21-8-3-5-13(10-21)11-22-9-7-18-20-22/h2,4,6-7,9,13H,3,5,8,10-11H2,1H3,(H,19,23). The Morgan fingerprint density at radius 3 is 3.09 bits per heavy atom. The van der Waals surface area contributed by atoms with E-state index >= 15 is 0 Å². The molecule has 1 aliphatic rings. The van der Waals surface area contributed by atoms with E-state index in [1.54, 1.807) is 12.3 Å². The summed E-state index contributed by atoms with van der Waals surface area (Å²) in [5, 5.41) is 11.3. The minimum atomic E-state index is -0.0931. The molecule has 0 radical (unpaired) electrons. The van der Waals surface area contributed by atoms with Gasteiger partial charge in [0, 0.05) is 25.8 Å². The highest BCUT2D eigenvalue weighted by Crippen LogP contribution is 2.26. The third kappa shape index (κ3) is 3.82. The van der Waals surface area contributed by atoms with E-state index in [-0.39, 0.29) is 6.03 Å². The van der Waals surface area contributed by atoms with Crippen LogP contribution in [0, 0.1) is 12.8 Å². The van der Waals surface area contributed by atoms with Gasteiger partial charge in [-0.3, -0.25) is 4.68 Å². The third-order valence-corrected chi connectivity index (χ3v) is 4.49. The summed E-state index contributed by atoms with van der Waals surface area (Å²) >= 11 is 6.18. The Morgan fingerprint density at radius 1 is 1.48 bits per heavy atom. The predicted molar refractivity (Wildman–Crippen MR) is 89.5 cm³/mol. The van der Waals surface area contributed by atoms with Gasteiger partial charge in [-0.25, -0.2) is 4.79 Å². The van der Waals surface area contributed by atoms with Crippen molar-refractivity contribution in [2.75, 3.05) is 18.4 Å². The summed E-state index contributed by atoms with van der Waals surface area (Å²) in [5.41, 5.74) is 1.65. The smallest absolute Gasteiger partial charge is 0.321 e. The average Bonchev–Trinajstić information content (AvgIpc) is 3.04. The lowest BCUT2D eigenvalue weighted by atomic mass is 9.98. The molecule has 0 aliphatic carbocycles. The fourth-order valence-corrected chi connectivity index (χ4v) is 3.24. The quantitative estimate of drug-likeness (QED) is 0.938. The SMILES string of the molecule is Cc1cccc(Cl)c1NC(=O)N1CCCC(Cn2ccnn2)C1. The van der Waals surface area contributed by atoms with Crippen molar-refractivity contribution < 1.29 is 4.79 Å². The van der Waals surface area contributed by atoms with Gasteiger partial charge in [0.2, 0.25) is 0 Å². The van der Waals surface area contributed by atoms with Crippen molar-refractivity contribution in [3.63, 3.8) is 0 Å². The highest BCUT2D eigenvalue weighted by atomic mass is 35.5. The van der Waals surface area contributed by atoms with Gasteiger partial charge in [-0.2, -0.15) is 0 Å². The summed E-state index contributed by atoms with van der Waals surface area (Å²) in [4.78, 5) is 14.4. The van der Waals surface area contributed by atoms with Crippen LogP contribution < -0.4 is 5.32 Å². The second-order valence-corrected chi connectivity index (χ2v) is 6.35. The Kier molecular flexibility index (Phi) is 4.81. The molecule has 2 aromatic rings. The number of nitrogens with one attached hydrogen (secondary N) is 1. The first-order chi connectivity index (χ1) is 11.1. The summed E-state index contributed by atoms with van der Waals surface area (Å²) in [5.74, 6) is 0.392. The molecule has 1 saturated heterocycles. The first-order valence-corrected chi connectivity index (χ1v) is 8.16. The summed E-state index contributed by atoms with van der Waals surface area (Å²) < 4.78 is 1.82. The number of hydrogen-bond donors (Lipinski definition) is 1. The summed E-state index contributed by atoms with van der Waals surface area (Å²) in [6, 6.07) is 5.51. The van der Waals surface area contributed by atoms with E-state index in [1.807, 2.05) is 34.8 Å². The van der Waals surface area contributed by atoms with Crippen LogP contribution in [0.3, 0.4) is 0 Å².